The summed E-state index contributed by atoms with van der Waals surface area (Å²) >= 11 is 0. The third kappa shape index (κ3) is 1.91. The van der Waals surface area contributed by atoms with Crippen molar-refractivity contribution in [2.24, 2.45) is 4.99 Å². The van der Waals surface area contributed by atoms with Gasteiger partial charge in [-0.2, -0.15) is 0 Å². The fourth-order valence-electron chi connectivity index (χ4n) is 1.72. The molecule has 0 aliphatic carbocycles. The van der Waals surface area contributed by atoms with Gasteiger partial charge in [0, 0.05) is 12.1 Å². The molecule has 1 aliphatic heterocycles. The number of hydrogen-bond donors (Lipinski definition) is 0. The first kappa shape index (κ1) is 10.7. The quantitative estimate of drug-likeness (QED) is 0.756. The predicted molar refractivity (Wildman–Crippen MR) is 62.0 cm³/mol. The van der Waals surface area contributed by atoms with Gasteiger partial charge in [0.1, 0.15) is 11.6 Å². The third-order valence-corrected chi connectivity index (χ3v) is 2.62. The van der Waals surface area contributed by atoms with Gasteiger partial charge in [0.15, 0.2) is 0 Å². The van der Waals surface area contributed by atoms with Crippen LogP contribution in [0.1, 0.15) is 17.3 Å². The summed E-state index contributed by atoms with van der Waals surface area (Å²) in [7, 11) is 1.59. The lowest BCUT2D eigenvalue weighted by Crippen LogP contribution is -2.32. The number of nitrogens with zero attached hydrogens (tertiary/aromatic N) is 2. The summed E-state index contributed by atoms with van der Waals surface area (Å²) in [6.45, 7) is 3.22. The first-order valence-corrected chi connectivity index (χ1v) is 5.19. The van der Waals surface area contributed by atoms with Gasteiger partial charge in [-0.25, -0.2) is 0 Å². The number of carbonyl (C=O) groups excluding carboxylic acids is 1. The van der Waals surface area contributed by atoms with Gasteiger partial charge >= 0.3 is 0 Å². The van der Waals surface area contributed by atoms with Crippen molar-refractivity contribution in [1.29, 1.82) is 0 Å². The summed E-state index contributed by atoms with van der Waals surface area (Å²) in [4.78, 5) is 18.0. The third-order valence-electron chi connectivity index (χ3n) is 2.62. The monoisotopic (exact) mass is 218 g/mol. The fraction of sp³-hybridized carbons (Fsp3) is 0.333. The number of carbonyl (C=O) groups is 1. The molecule has 0 N–H and O–H groups in total. The summed E-state index contributed by atoms with van der Waals surface area (Å²) in [5, 5.41) is 0. The van der Waals surface area contributed by atoms with Crippen LogP contribution < -0.4 is 4.74 Å². The molecule has 1 aromatic rings. The Labute approximate surface area is 94.5 Å². The van der Waals surface area contributed by atoms with Crippen LogP contribution in [0.3, 0.4) is 0 Å². The maximum Gasteiger partial charge on any atom is 0.259 e. The average Bonchev–Trinajstić information content (AvgIpc) is 2.74. The van der Waals surface area contributed by atoms with Crippen LogP contribution in [0.5, 0.6) is 5.75 Å². The molecular formula is C12H14N2O2. The Morgan fingerprint density at radius 1 is 1.50 bits per heavy atom. The minimum atomic E-state index is -0.0161. The Balaban J connectivity index is 2.23. The molecule has 0 saturated carbocycles. The van der Waals surface area contributed by atoms with E-state index in [9.17, 15) is 4.79 Å². The van der Waals surface area contributed by atoms with Gasteiger partial charge in [-0.05, 0) is 25.1 Å². The molecule has 0 radical (unpaired) electrons. The minimum absolute atomic E-state index is 0.0161. The predicted octanol–water partition coefficient (Wildman–Crippen LogP) is 1.57. The standard InChI is InChI=1S/C12H14N2O2/c1-9-13-6-7-14(9)12(15)10-4-3-5-11(8-10)16-2/h3-5,8H,6-7H2,1-2H3. The first-order chi connectivity index (χ1) is 7.72. The maximum atomic E-state index is 12.1. The van der Waals surface area contributed by atoms with Crippen LogP contribution in [0.2, 0.25) is 0 Å². The lowest BCUT2D eigenvalue weighted by Gasteiger charge is -2.16. The second kappa shape index (κ2) is 4.35. The minimum Gasteiger partial charge on any atom is -0.497 e. The van der Waals surface area contributed by atoms with Crippen molar-refractivity contribution < 1.29 is 9.53 Å². The lowest BCUT2D eigenvalue weighted by atomic mass is 10.2. The van der Waals surface area contributed by atoms with Crippen molar-refractivity contribution in [3.05, 3.63) is 29.8 Å². The Bertz CT molecular complexity index is 440. The molecule has 1 aromatic carbocycles. The van der Waals surface area contributed by atoms with Gasteiger partial charge in [-0.1, -0.05) is 6.07 Å². The zero-order chi connectivity index (χ0) is 11.5. The number of amidine groups is 1. The highest BCUT2D eigenvalue weighted by Crippen LogP contribution is 2.15. The molecule has 84 valence electrons. The Hall–Kier alpha value is -1.84. The average molecular weight is 218 g/mol. The van der Waals surface area contributed by atoms with Gasteiger partial charge in [0.25, 0.3) is 5.91 Å². The molecule has 0 atom stereocenters. The Morgan fingerprint density at radius 2 is 2.31 bits per heavy atom. The van der Waals surface area contributed by atoms with Crippen LogP contribution >= 0.6 is 0 Å². The topological polar surface area (TPSA) is 41.9 Å². The zero-order valence-corrected chi connectivity index (χ0v) is 9.43. The number of benzene rings is 1. The van der Waals surface area contributed by atoms with Crippen LogP contribution in [0.25, 0.3) is 0 Å². The number of aliphatic imine (C=N–C) groups is 1. The van der Waals surface area contributed by atoms with Crippen molar-refractivity contribution in [2.45, 2.75) is 6.92 Å². The number of rotatable bonds is 2. The Morgan fingerprint density at radius 3 is 2.94 bits per heavy atom. The molecule has 0 fully saturated rings. The van der Waals surface area contributed by atoms with Crippen molar-refractivity contribution in [3.8, 4) is 5.75 Å². The van der Waals surface area contributed by atoms with E-state index in [1.165, 1.54) is 0 Å². The van der Waals surface area contributed by atoms with Crippen LogP contribution in [0.4, 0.5) is 0 Å². The van der Waals surface area contributed by atoms with E-state index in [1.54, 1.807) is 24.1 Å². The van der Waals surface area contributed by atoms with Gasteiger partial charge < -0.3 is 4.74 Å². The van der Waals surface area contributed by atoms with E-state index in [0.29, 0.717) is 24.4 Å². The van der Waals surface area contributed by atoms with E-state index in [2.05, 4.69) is 4.99 Å². The van der Waals surface area contributed by atoms with E-state index >= 15 is 0 Å². The van der Waals surface area contributed by atoms with Crippen LogP contribution in [-0.4, -0.2) is 36.8 Å². The zero-order valence-electron chi connectivity index (χ0n) is 9.43. The summed E-state index contributed by atoms with van der Waals surface area (Å²) in [5.41, 5.74) is 0.635. The molecule has 1 aliphatic rings. The van der Waals surface area contributed by atoms with Crippen molar-refractivity contribution in [2.75, 3.05) is 20.2 Å². The van der Waals surface area contributed by atoms with Crippen molar-refractivity contribution in [1.82, 2.24) is 4.90 Å². The second-order valence-electron chi connectivity index (χ2n) is 3.62. The molecule has 0 spiro atoms. The van der Waals surface area contributed by atoms with Gasteiger partial charge in [-0.15, -0.1) is 0 Å². The largest absolute Gasteiger partial charge is 0.497 e. The molecule has 0 saturated heterocycles. The SMILES string of the molecule is COc1cccc(C(=O)N2CCN=C2C)c1. The van der Waals surface area contributed by atoms with E-state index < -0.39 is 0 Å². The van der Waals surface area contributed by atoms with E-state index in [1.807, 2.05) is 19.1 Å². The summed E-state index contributed by atoms with van der Waals surface area (Å²) in [5.74, 6) is 1.46. The first-order valence-electron chi connectivity index (χ1n) is 5.19. The molecular weight excluding hydrogens is 204 g/mol. The molecule has 0 unspecified atom stereocenters. The highest BCUT2D eigenvalue weighted by molar-refractivity contribution is 6.06. The highest BCUT2D eigenvalue weighted by atomic mass is 16.5. The van der Waals surface area contributed by atoms with E-state index in [0.717, 1.165) is 5.84 Å². The number of hydrogen-bond acceptors (Lipinski definition) is 3. The van der Waals surface area contributed by atoms with Crippen molar-refractivity contribution in [3.63, 3.8) is 0 Å². The molecule has 1 heterocycles. The molecule has 4 heteroatoms. The van der Waals surface area contributed by atoms with Gasteiger partial charge in [0.2, 0.25) is 0 Å². The summed E-state index contributed by atoms with van der Waals surface area (Å²) < 4.78 is 5.09. The molecule has 2 rings (SSSR count). The van der Waals surface area contributed by atoms with Gasteiger partial charge in [-0.3, -0.25) is 14.7 Å². The molecule has 16 heavy (non-hydrogen) atoms. The van der Waals surface area contributed by atoms with Crippen molar-refractivity contribution >= 4 is 11.7 Å². The molecule has 0 aromatic heterocycles. The number of methoxy groups -OCH3 is 1. The van der Waals surface area contributed by atoms with Crippen LogP contribution in [0.15, 0.2) is 29.3 Å². The molecule has 1 amide bonds. The molecule has 4 nitrogen and oxygen atoms in total. The fourth-order valence-corrected chi connectivity index (χ4v) is 1.72. The van der Waals surface area contributed by atoms with E-state index in [4.69, 9.17) is 4.74 Å². The lowest BCUT2D eigenvalue weighted by molar-refractivity contribution is 0.0857. The second-order valence-corrected chi connectivity index (χ2v) is 3.62. The molecule has 0 bridgehead atoms. The highest BCUT2D eigenvalue weighted by Gasteiger charge is 2.21. The Kier molecular flexibility index (Phi) is 2.90. The summed E-state index contributed by atoms with van der Waals surface area (Å²) in [6, 6.07) is 7.17. The normalized spacial score (nSPS) is 14.9. The van der Waals surface area contributed by atoms with Gasteiger partial charge in [0.05, 0.1) is 13.7 Å². The smallest absolute Gasteiger partial charge is 0.259 e. The number of ether oxygens (including phenoxy) is 1. The van der Waals surface area contributed by atoms with E-state index in [-0.39, 0.29) is 5.91 Å². The van der Waals surface area contributed by atoms with Crippen LogP contribution in [0, 0.1) is 0 Å². The maximum absolute atomic E-state index is 12.1. The summed E-state index contributed by atoms with van der Waals surface area (Å²) in [6.07, 6.45) is 0. The number of amides is 1. The van der Waals surface area contributed by atoms with Crippen LogP contribution in [-0.2, 0) is 0 Å².